The molecule has 0 spiro atoms. The van der Waals surface area contributed by atoms with E-state index in [9.17, 15) is 0 Å². The van der Waals surface area contributed by atoms with Crippen LogP contribution in [0.2, 0.25) is 0 Å². The quantitative estimate of drug-likeness (QED) is 0.219. The minimum Gasteiger partial charge on any atom is -0.0622 e. The molecule has 0 aromatic heterocycles. The number of hydrogen-bond acceptors (Lipinski definition) is 0. The van der Waals surface area contributed by atoms with Gasteiger partial charge in [0, 0.05) is 4.47 Å². The van der Waals surface area contributed by atoms with E-state index in [2.05, 4.69) is 143 Å². The second kappa shape index (κ2) is 8.35. The maximum Gasteiger partial charge on any atom is 0.0332 e. The molecule has 0 radical (unpaired) electrons. The molecule has 0 bridgehead atoms. The Labute approximate surface area is 202 Å². The van der Waals surface area contributed by atoms with E-state index in [0.29, 0.717) is 0 Å². The third kappa shape index (κ3) is 3.55. The molecule has 0 aliphatic rings. The van der Waals surface area contributed by atoms with Crippen LogP contribution >= 0.6 is 15.9 Å². The average Bonchev–Trinajstić information content (AvgIpc) is 2.90. The Morgan fingerprint density at radius 2 is 0.697 bits per heavy atom. The highest BCUT2D eigenvalue weighted by atomic mass is 79.9. The van der Waals surface area contributed by atoms with Gasteiger partial charge in [-0.05, 0) is 89.1 Å². The Morgan fingerprint density at radius 1 is 0.333 bits per heavy atom. The summed E-state index contributed by atoms with van der Waals surface area (Å²) in [6.45, 7) is 0. The molecule has 0 atom stereocenters. The van der Waals surface area contributed by atoms with Crippen molar-refractivity contribution < 1.29 is 0 Å². The molecule has 0 saturated heterocycles. The smallest absolute Gasteiger partial charge is 0.0332 e. The Bertz CT molecular complexity index is 1480. The fraction of sp³-hybridized carbons (Fsp3) is 0. The van der Waals surface area contributed by atoms with Crippen LogP contribution in [0, 0.1) is 0 Å². The van der Waals surface area contributed by atoms with Crippen LogP contribution in [0.5, 0.6) is 0 Å². The summed E-state index contributed by atoms with van der Waals surface area (Å²) < 4.78 is 1.15. The maximum atomic E-state index is 3.89. The summed E-state index contributed by atoms with van der Waals surface area (Å²) in [4.78, 5) is 0. The molecule has 0 saturated carbocycles. The first-order chi connectivity index (χ1) is 16.3. The summed E-state index contributed by atoms with van der Waals surface area (Å²) >= 11 is 3.89. The highest BCUT2D eigenvalue weighted by Gasteiger charge is 2.15. The lowest BCUT2D eigenvalue weighted by molar-refractivity contribution is 1.58. The van der Waals surface area contributed by atoms with E-state index in [1.807, 2.05) is 0 Å². The van der Waals surface area contributed by atoms with Gasteiger partial charge in [0.15, 0.2) is 0 Å². The van der Waals surface area contributed by atoms with Crippen LogP contribution < -0.4 is 0 Å². The van der Waals surface area contributed by atoms with Gasteiger partial charge in [-0.25, -0.2) is 0 Å². The average molecular weight is 485 g/mol. The van der Waals surface area contributed by atoms with Gasteiger partial charge in [0.2, 0.25) is 0 Å². The molecule has 0 fully saturated rings. The van der Waals surface area contributed by atoms with Gasteiger partial charge < -0.3 is 0 Å². The van der Waals surface area contributed by atoms with Gasteiger partial charge in [-0.15, -0.1) is 0 Å². The molecule has 0 heterocycles. The van der Waals surface area contributed by atoms with E-state index in [0.717, 1.165) is 4.47 Å². The van der Waals surface area contributed by atoms with Gasteiger partial charge in [0.25, 0.3) is 0 Å². The first-order valence-corrected chi connectivity index (χ1v) is 11.9. The minimum atomic E-state index is 1.15. The summed E-state index contributed by atoms with van der Waals surface area (Å²) in [5.41, 5.74) is 7.41. The Morgan fingerprint density at radius 3 is 1.15 bits per heavy atom. The predicted octanol–water partition coefficient (Wildman–Crippen LogP) is 9.76. The van der Waals surface area contributed by atoms with Crippen LogP contribution in [0.3, 0.4) is 0 Å². The normalized spacial score (nSPS) is 11.2. The summed E-state index contributed by atoms with van der Waals surface area (Å²) in [6.07, 6.45) is 0. The van der Waals surface area contributed by atoms with Crippen molar-refractivity contribution in [2.75, 3.05) is 0 Å². The molecule has 0 unspecified atom stereocenters. The summed E-state index contributed by atoms with van der Waals surface area (Å²) in [6, 6.07) is 45.7. The van der Waals surface area contributed by atoms with E-state index >= 15 is 0 Å². The number of hydrogen-bond donors (Lipinski definition) is 0. The van der Waals surface area contributed by atoms with Crippen molar-refractivity contribution in [2.24, 2.45) is 0 Å². The Hall–Kier alpha value is -3.68. The molecule has 33 heavy (non-hydrogen) atoms. The summed E-state index contributed by atoms with van der Waals surface area (Å²) in [7, 11) is 0. The summed E-state index contributed by atoms with van der Waals surface area (Å²) in [5.74, 6) is 0. The second-order valence-electron chi connectivity index (χ2n) is 8.31. The maximum absolute atomic E-state index is 3.89. The number of benzene rings is 6. The fourth-order valence-electron chi connectivity index (χ4n) is 4.75. The number of halogens is 1. The van der Waals surface area contributed by atoms with Crippen LogP contribution in [0.1, 0.15) is 0 Å². The molecule has 1 heteroatoms. The molecular weight excluding hydrogens is 464 g/mol. The predicted molar refractivity (Wildman–Crippen MR) is 145 cm³/mol. The van der Waals surface area contributed by atoms with Gasteiger partial charge in [-0.1, -0.05) is 109 Å². The second-order valence-corrected chi connectivity index (χ2v) is 9.10. The molecule has 0 nitrogen and oxygen atoms in total. The first kappa shape index (κ1) is 20.0. The zero-order valence-corrected chi connectivity index (χ0v) is 19.6. The standard InChI is InChI=1S/C32H21Br/c33-32-29-17-9-7-15-27(29)31(28-16-8-10-18-30(28)32)26-20-24(22-11-3-1-4-12-22)19-25(21-26)23-13-5-2-6-14-23/h1-21H. The van der Waals surface area contributed by atoms with Crippen LogP contribution in [-0.2, 0) is 0 Å². The van der Waals surface area contributed by atoms with Gasteiger partial charge >= 0.3 is 0 Å². The highest BCUT2D eigenvalue weighted by Crippen LogP contribution is 2.43. The van der Waals surface area contributed by atoms with Crippen molar-refractivity contribution in [3.8, 4) is 33.4 Å². The van der Waals surface area contributed by atoms with E-state index in [1.54, 1.807) is 0 Å². The monoisotopic (exact) mass is 484 g/mol. The van der Waals surface area contributed by atoms with Gasteiger partial charge in [0.1, 0.15) is 0 Å². The van der Waals surface area contributed by atoms with Gasteiger partial charge in [0.05, 0.1) is 0 Å². The SMILES string of the molecule is Brc1c2ccccc2c(-c2cc(-c3ccccc3)cc(-c3ccccc3)c2)c2ccccc12. The van der Waals surface area contributed by atoms with E-state index < -0.39 is 0 Å². The molecule has 6 rings (SSSR count). The van der Waals surface area contributed by atoms with Crippen molar-refractivity contribution in [3.05, 3.63) is 132 Å². The molecule has 6 aromatic carbocycles. The first-order valence-electron chi connectivity index (χ1n) is 11.1. The molecule has 156 valence electrons. The van der Waals surface area contributed by atoms with Crippen molar-refractivity contribution in [1.29, 1.82) is 0 Å². The Balaban J connectivity index is 1.73. The van der Waals surface area contributed by atoms with Crippen molar-refractivity contribution in [1.82, 2.24) is 0 Å². The van der Waals surface area contributed by atoms with Crippen LogP contribution in [-0.4, -0.2) is 0 Å². The molecule has 0 aliphatic carbocycles. The molecule has 0 aliphatic heterocycles. The van der Waals surface area contributed by atoms with Crippen molar-refractivity contribution >= 4 is 37.5 Å². The third-order valence-corrected chi connectivity index (χ3v) is 7.16. The fourth-order valence-corrected chi connectivity index (χ4v) is 5.44. The summed E-state index contributed by atoms with van der Waals surface area (Å²) in [5, 5.41) is 4.98. The third-order valence-electron chi connectivity index (χ3n) is 6.30. The van der Waals surface area contributed by atoms with Gasteiger partial charge in [-0.3, -0.25) is 0 Å². The van der Waals surface area contributed by atoms with E-state index in [4.69, 9.17) is 0 Å². The minimum absolute atomic E-state index is 1.15. The zero-order chi connectivity index (χ0) is 22.2. The topological polar surface area (TPSA) is 0 Å². The van der Waals surface area contributed by atoms with Crippen LogP contribution in [0.25, 0.3) is 54.9 Å². The van der Waals surface area contributed by atoms with Crippen LogP contribution in [0.15, 0.2) is 132 Å². The Kier molecular flexibility index (Phi) is 5.05. The van der Waals surface area contributed by atoms with E-state index in [1.165, 1.54) is 54.9 Å². The van der Waals surface area contributed by atoms with Crippen LogP contribution in [0.4, 0.5) is 0 Å². The lowest BCUT2D eigenvalue weighted by Gasteiger charge is -2.17. The molecule has 0 N–H and O–H groups in total. The number of rotatable bonds is 3. The largest absolute Gasteiger partial charge is 0.0622 e. The molecule has 6 aromatic rings. The number of fused-ring (bicyclic) bond motifs is 2. The zero-order valence-electron chi connectivity index (χ0n) is 18.0. The molecular formula is C32H21Br. The lowest BCUT2D eigenvalue weighted by Crippen LogP contribution is -1.90. The van der Waals surface area contributed by atoms with Crippen molar-refractivity contribution in [2.45, 2.75) is 0 Å². The highest BCUT2D eigenvalue weighted by molar-refractivity contribution is 9.10. The van der Waals surface area contributed by atoms with E-state index in [-0.39, 0.29) is 0 Å². The van der Waals surface area contributed by atoms with Crippen molar-refractivity contribution in [3.63, 3.8) is 0 Å². The van der Waals surface area contributed by atoms with Gasteiger partial charge in [-0.2, -0.15) is 0 Å². The lowest BCUT2D eigenvalue weighted by atomic mass is 9.88. The molecule has 0 amide bonds.